The van der Waals surface area contributed by atoms with Gasteiger partial charge in [0, 0.05) is 28.6 Å². The smallest absolute Gasteiger partial charge is 0.252 e. The van der Waals surface area contributed by atoms with Crippen LogP contribution in [0.3, 0.4) is 0 Å². The van der Waals surface area contributed by atoms with Crippen LogP contribution in [0.5, 0.6) is 0 Å². The summed E-state index contributed by atoms with van der Waals surface area (Å²) >= 11 is 0. The molecule has 6 heteroatoms. The van der Waals surface area contributed by atoms with E-state index in [2.05, 4.69) is 28.5 Å². The monoisotopic (exact) mass is 422 g/mol. The van der Waals surface area contributed by atoms with Crippen molar-refractivity contribution in [1.29, 1.82) is 0 Å². The Kier molecular flexibility index (Phi) is 7.02. The van der Waals surface area contributed by atoms with Gasteiger partial charge in [0.2, 0.25) is 0 Å². The fourth-order valence-corrected chi connectivity index (χ4v) is 4.67. The SMILES string of the molecule is COOCc1ccc2c(C3CCCCC3)c(-c3ccccc3C(=O)NCCO)[nH]c2c1. The number of hydrogen-bond donors (Lipinski definition) is 3. The van der Waals surface area contributed by atoms with Crippen molar-refractivity contribution < 1.29 is 19.7 Å². The molecule has 31 heavy (non-hydrogen) atoms. The van der Waals surface area contributed by atoms with E-state index in [0.717, 1.165) is 35.2 Å². The fourth-order valence-electron chi connectivity index (χ4n) is 4.67. The molecule has 1 aromatic heterocycles. The highest BCUT2D eigenvalue weighted by molar-refractivity contribution is 6.03. The Labute approximate surface area is 182 Å². The second kappa shape index (κ2) is 10.1. The van der Waals surface area contributed by atoms with E-state index in [9.17, 15) is 4.79 Å². The molecule has 1 saturated carbocycles. The molecule has 4 rings (SSSR count). The molecule has 3 N–H and O–H groups in total. The molecule has 0 aliphatic heterocycles. The molecule has 0 unspecified atom stereocenters. The second-order valence-corrected chi connectivity index (χ2v) is 8.08. The number of hydrogen-bond acceptors (Lipinski definition) is 4. The van der Waals surface area contributed by atoms with Gasteiger partial charge in [-0.3, -0.25) is 4.79 Å². The Morgan fingerprint density at radius 1 is 1.16 bits per heavy atom. The van der Waals surface area contributed by atoms with Crippen LogP contribution in [-0.4, -0.2) is 36.3 Å². The van der Waals surface area contributed by atoms with Crippen LogP contribution < -0.4 is 5.32 Å². The molecule has 164 valence electrons. The van der Waals surface area contributed by atoms with Gasteiger partial charge in [0.05, 0.1) is 19.4 Å². The van der Waals surface area contributed by atoms with E-state index in [1.54, 1.807) is 0 Å². The first kappa shape index (κ1) is 21.6. The van der Waals surface area contributed by atoms with Crippen molar-refractivity contribution in [3.63, 3.8) is 0 Å². The normalized spacial score (nSPS) is 14.8. The molecular formula is C25H30N2O4. The number of carbonyl (C=O) groups is 1. The van der Waals surface area contributed by atoms with Gasteiger partial charge in [-0.05, 0) is 42.0 Å². The molecule has 2 aromatic carbocycles. The van der Waals surface area contributed by atoms with E-state index in [4.69, 9.17) is 14.9 Å². The molecule has 6 nitrogen and oxygen atoms in total. The van der Waals surface area contributed by atoms with Crippen molar-refractivity contribution in [3.05, 3.63) is 59.2 Å². The van der Waals surface area contributed by atoms with Crippen molar-refractivity contribution in [2.75, 3.05) is 20.3 Å². The van der Waals surface area contributed by atoms with Crippen molar-refractivity contribution in [2.24, 2.45) is 0 Å². The van der Waals surface area contributed by atoms with Crippen LogP contribution in [0.25, 0.3) is 22.2 Å². The zero-order valence-electron chi connectivity index (χ0n) is 17.9. The van der Waals surface area contributed by atoms with Crippen LogP contribution in [0, 0.1) is 0 Å². The predicted molar refractivity (Wildman–Crippen MR) is 121 cm³/mol. The van der Waals surface area contributed by atoms with E-state index in [0.29, 0.717) is 18.1 Å². The number of aliphatic hydroxyl groups excluding tert-OH is 1. The highest BCUT2D eigenvalue weighted by Crippen LogP contribution is 2.43. The summed E-state index contributed by atoms with van der Waals surface area (Å²) < 4.78 is 0. The van der Waals surface area contributed by atoms with E-state index in [-0.39, 0.29) is 19.1 Å². The first-order valence-electron chi connectivity index (χ1n) is 11.0. The lowest BCUT2D eigenvalue weighted by Gasteiger charge is -2.23. The number of rotatable bonds is 8. The number of aromatic nitrogens is 1. The summed E-state index contributed by atoms with van der Waals surface area (Å²) in [5.41, 5.74) is 5.88. The van der Waals surface area contributed by atoms with Crippen LogP contribution in [0.1, 0.15) is 59.5 Å². The first-order valence-corrected chi connectivity index (χ1v) is 11.0. The standard InChI is InChI=1S/C25H30N2O4/c1-30-31-16-17-11-12-21-22(15-17)27-24(23(21)18-7-3-2-4-8-18)19-9-5-6-10-20(19)25(29)26-13-14-28/h5-6,9-12,15,18,27-28H,2-4,7-8,13-14,16H2,1H3,(H,26,29). The number of nitrogens with one attached hydrogen (secondary N) is 2. The molecule has 1 aliphatic carbocycles. The maximum Gasteiger partial charge on any atom is 0.252 e. The summed E-state index contributed by atoms with van der Waals surface area (Å²) in [5, 5.41) is 13.1. The molecule has 1 fully saturated rings. The van der Waals surface area contributed by atoms with Crippen molar-refractivity contribution in [3.8, 4) is 11.3 Å². The van der Waals surface area contributed by atoms with Gasteiger partial charge < -0.3 is 15.4 Å². The van der Waals surface area contributed by atoms with Gasteiger partial charge in [0.25, 0.3) is 5.91 Å². The lowest BCUT2D eigenvalue weighted by atomic mass is 9.81. The van der Waals surface area contributed by atoms with Crippen molar-refractivity contribution in [2.45, 2.75) is 44.6 Å². The van der Waals surface area contributed by atoms with E-state index < -0.39 is 0 Å². The Hall–Kier alpha value is -2.67. The summed E-state index contributed by atoms with van der Waals surface area (Å²) in [4.78, 5) is 26.3. The summed E-state index contributed by atoms with van der Waals surface area (Å²) in [6.45, 7) is 0.526. The van der Waals surface area contributed by atoms with Gasteiger partial charge in [-0.15, -0.1) is 0 Å². The van der Waals surface area contributed by atoms with Crippen LogP contribution in [0.4, 0.5) is 0 Å². The predicted octanol–water partition coefficient (Wildman–Crippen LogP) is 4.68. The zero-order valence-corrected chi connectivity index (χ0v) is 17.9. The fraction of sp³-hybridized carbons (Fsp3) is 0.400. The minimum Gasteiger partial charge on any atom is -0.395 e. The summed E-state index contributed by atoms with van der Waals surface area (Å²) in [5.74, 6) is 0.291. The number of aliphatic hydroxyl groups is 1. The first-order chi connectivity index (χ1) is 15.2. The van der Waals surface area contributed by atoms with Crippen LogP contribution in [0.2, 0.25) is 0 Å². The molecule has 1 amide bonds. The lowest BCUT2D eigenvalue weighted by Crippen LogP contribution is -2.26. The largest absolute Gasteiger partial charge is 0.395 e. The number of benzene rings is 2. The number of H-pyrrole nitrogens is 1. The van der Waals surface area contributed by atoms with Gasteiger partial charge in [-0.25, -0.2) is 9.78 Å². The summed E-state index contributed by atoms with van der Waals surface area (Å²) in [6, 6.07) is 14.0. The minimum absolute atomic E-state index is 0.0834. The Bertz CT molecular complexity index is 1040. The molecule has 0 atom stereocenters. The topological polar surface area (TPSA) is 83.6 Å². The van der Waals surface area contributed by atoms with Crippen LogP contribution >= 0.6 is 0 Å². The third-order valence-corrected chi connectivity index (χ3v) is 6.10. The molecule has 0 spiro atoms. The molecule has 0 radical (unpaired) electrons. The molecule has 0 bridgehead atoms. The van der Waals surface area contributed by atoms with Gasteiger partial charge in [0.15, 0.2) is 0 Å². The number of aromatic amines is 1. The Morgan fingerprint density at radius 2 is 1.97 bits per heavy atom. The summed E-state index contributed by atoms with van der Waals surface area (Å²) in [6.07, 6.45) is 6.07. The average Bonchev–Trinajstić information content (AvgIpc) is 3.20. The average molecular weight is 423 g/mol. The molecule has 0 saturated heterocycles. The quantitative estimate of drug-likeness (QED) is 0.363. The highest BCUT2D eigenvalue weighted by Gasteiger charge is 2.25. The number of carbonyl (C=O) groups excluding carboxylic acids is 1. The van der Waals surface area contributed by atoms with Crippen LogP contribution in [0.15, 0.2) is 42.5 Å². The third kappa shape index (κ3) is 4.66. The van der Waals surface area contributed by atoms with E-state index in [1.807, 2.05) is 24.3 Å². The Morgan fingerprint density at radius 3 is 2.74 bits per heavy atom. The third-order valence-electron chi connectivity index (χ3n) is 6.10. The van der Waals surface area contributed by atoms with Gasteiger partial charge >= 0.3 is 0 Å². The second-order valence-electron chi connectivity index (χ2n) is 8.08. The molecule has 3 aromatic rings. The maximum atomic E-state index is 12.8. The highest BCUT2D eigenvalue weighted by atomic mass is 17.2. The minimum atomic E-state index is -0.174. The van der Waals surface area contributed by atoms with Gasteiger partial charge in [-0.1, -0.05) is 49.6 Å². The number of amides is 1. The van der Waals surface area contributed by atoms with Gasteiger partial charge in [0.1, 0.15) is 6.61 Å². The summed E-state index contributed by atoms with van der Waals surface area (Å²) in [7, 11) is 1.51. The maximum absolute atomic E-state index is 12.8. The zero-order chi connectivity index (χ0) is 21.6. The van der Waals surface area contributed by atoms with Crippen molar-refractivity contribution >= 4 is 16.8 Å². The van der Waals surface area contributed by atoms with Crippen LogP contribution in [-0.2, 0) is 16.4 Å². The lowest BCUT2D eigenvalue weighted by molar-refractivity contribution is -0.282. The number of fused-ring (bicyclic) bond motifs is 1. The van der Waals surface area contributed by atoms with Crippen molar-refractivity contribution in [1.82, 2.24) is 10.3 Å². The Balaban J connectivity index is 1.84. The van der Waals surface area contributed by atoms with E-state index in [1.165, 1.54) is 37.3 Å². The van der Waals surface area contributed by atoms with E-state index >= 15 is 0 Å². The molecule has 1 heterocycles. The molecule has 1 aliphatic rings. The molecular weight excluding hydrogens is 392 g/mol. The van der Waals surface area contributed by atoms with Gasteiger partial charge in [-0.2, -0.15) is 0 Å².